The summed E-state index contributed by atoms with van der Waals surface area (Å²) in [5, 5.41) is 1.28. The first-order valence-electron chi connectivity index (χ1n) is 8.52. The van der Waals surface area contributed by atoms with Crippen LogP contribution < -0.4 is 4.90 Å². The Morgan fingerprint density at radius 1 is 1.09 bits per heavy atom. The van der Waals surface area contributed by atoms with E-state index in [-0.39, 0.29) is 0 Å². The smallest absolute Gasteiger partial charge is 0.129 e. The van der Waals surface area contributed by atoms with E-state index in [1.807, 2.05) is 0 Å². The maximum Gasteiger partial charge on any atom is 0.129 e. The highest BCUT2D eigenvalue weighted by Gasteiger charge is 2.31. The SMILES string of the molecule is Cc1cc(N2C[C@H]3CCC[C@@H](C2)N(C)C3)nc2ccccc12. The van der Waals surface area contributed by atoms with Crippen molar-refractivity contribution in [2.24, 2.45) is 5.92 Å². The van der Waals surface area contributed by atoms with Gasteiger partial charge in [0.05, 0.1) is 5.52 Å². The molecule has 2 fully saturated rings. The Balaban J connectivity index is 1.72. The van der Waals surface area contributed by atoms with Crippen molar-refractivity contribution < 1.29 is 0 Å². The van der Waals surface area contributed by atoms with Gasteiger partial charge in [-0.25, -0.2) is 4.98 Å². The number of pyridine rings is 1. The molecule has 2 aliphatic heterocycles. The van der Waals surface area contributed by atoms with E-state index in [1.165, 1.54) is 42.6 Å². The third kappa shape index (κ3) is 2.48. The molecule has 0 unspecified atom stereocenters. The van der Waals surface area contributed by atoms with Crippen molar-refractivity contribution in [3.63, 3.8) is 0 Å². The fraction of sp³-hybridized carbons (Fsp3) is 0.526. The van der Waals surface area contributed by atoms with Gasteiger partial charge in [-0.3, -0.25) is 0 Å². The third-order valence-corrected chi connectivity index (χ3v) is 5.46. The average molecular weight is 295 g/mol. The predicted molar refractivity (Wildman–Crippen MR) is 92.5 cm³/mol. The lowest BCUT2D eigenvalue weighted by molar-refractivity contribution is 0.249. The summed E-state index contributed by atoms with van der Waals surface area (Å²) < 4.78 is 0. The number of rotatable bonds is 1. The van der Waals surface area contributed by atoms with Gasteiger partial charge in [-0.2, -0.15) is 0 Å². The highest BCUT2D eigenvalue weighted by Crippen LogP contribution is 2.29. The second-order valence-electron chi connectivity index (χ2n) is 7.11. The number of para-hydroxylation sites is 1. The van der Waals surface area contributed by atoms with Crippen molar-refractivity contribution >= 4 is 16.7 Å². The Labute approximate surface area is 132 Å². The number of fused-ring (bicyclic) bond motifs is 4. The van der Waals surface area contributed by atoms with Gasteiger partial charge in [-0.1, -0.05) is 24.6 Å². The highest BCUT2D eigenvalue weighted by atomic mass is 15.3. The Kier molecular flexibility index (Phi) is 3.53. The van der Waals surface area contributed by atoms with E-state index in [2.05, 4.69) is 54.1 Å². The van der Waals surface area contributed by atoms with Crippen LogP contribution in [0.3, 0.4) is 0 Å². The Morgan fingerprint density at radius 3 is 2.86 bits per heavy atom. The fourth-order valence-electron chi connectivity index (χ4n) is 4.21. The normalized spacial score (nSPS) is 26.2. The molecular weight excluding hydrogens is 270 g/mol. The summed E-state index contributed by atoms with van der Waals surface area (Å²) in [6, 6.07) is 11.5. The third-order valence-electron chi connectivity index (χ3n) is 5.46. The molecule has 0 N–H and O–H groups in total. The first kappa shape index (κ1) is 14.0. The van der Waals surface area contributed by atoms with Gasteiger partial charge in [0.25, 0.3) is 0 Å². The number of hydrogen-bond donors (Lipinski definition) is 0. The molecule has 1 aromatic heterocycles. The summed E-state index contributed by atoms with van der Waals surface area (Å²) in [6.07, 6.45) is 4.08. The number of likely N-dealkylation sites (N-methyl/N-ethyl adjacent to an activating group) is 1. The number of nitrogens with zero attached hydrogens (tertiary/aromatic N) is 3. The summed E-state index contributed by atoms with van der Waals surface area (Å²) in [5.41, 5.74) is 2.46. The van der Waals surface area contributed by atoms with Crippen LogP contribution in [-0.2, 0) is 0 Å². The molecule has 4 rings (SSSR count). The van der Waals surface area contributed by atoms with Crippen LogP contribution in [0.4, 0.5) is 5.82 Å². The first-order valence-corrected chi connectivity index (χ1v) is 8.52. The fourth-order valence-corrected chi connectivity index (χ4v) is 4.21. The minimum Gasteiger partial charge on any atom is -0.355 e. The lowest BCUT2D eigenvalue weighted by Gasteiger charge is -2.31. The van der Waals surface area contributed by atoms with E-state index in [0.29, 0.717) is 6.04 Å². The van der Waals surface area contributed by atoms with Crippen LogP contribution in [0.25, 0.3) is 10.9 Å². The van der Waals surface area contributed by atoms with Crippen molar-refractivity contribution in [1.82, 2.24) is 9.88 Å². The standard InChI is InChI=1S/C19H25N3/c1-14-10-19(20-18-9-4-3-8-17(14)18)22-12-15-6-5-7-16(13-22)21(2)11-15/h3-4,8-10,15-16H,5-7,11-13H2,1-2H3/t15-,16-/m0/s1. The molecule has 22 heavy (non-hydrogen) atoms. The van der Waals surface area contributed by atoms with Crippen LogP contribution in [0.2, 0.25) is 0 Å². The molecule has 116 valence electrons. The van der Waals surface area contributed by atoms with Gasteiger partial charge < -0.3 is 9.80 Å². The molecule has 1 aromatic carbocycles. The zero-order valence-electron chi connectivity index (χ0n) is 13.6. The van der Waals surface area contributed by atoms with Crippen molar-refractivity contribution in [3.05, 3.63) is 35.9 Å². The highest BCUT2D eigenvalue weighted by molar-refractivity contribution is 5.83. The number of hydrogen-bond acceptors (Lipinski definition) is 3. The minimum absolute atomic E-state index is 0.682. The molecule has 0 spiro atoms. The van der Waals surface area contributed by atoms with E-state index < -0.39 is 0 Å². The van der Waals surface area contributed by atoms with E-state index in [9.17, 15) is 0 Å². The van der Waals surface area contributed by atoms with E-state index in [1.54, 1.807) is 0 Å². The molecule has 0 aliphatic carbocycles. The molecule has 2 aromatic rings. The van der Waals surface area contributed by atoms with Crippen molar-refractivity contribution in [3.8, 4) is 0 Å². The Hall–Kier alpha value is -1.61. The zero-order chi connectivity index (χ0) is 15.1. The van der Waals surface area contributed by atoms with Crippen LogP contribution in [0.15, 0.2) is 30.3 Å². The van der Waals surface area contributed by atoms with E-state index >= 15 is 0 Å². The van der Waals surface area contributed by atoms with Crippen LogP contribution >= 0.6 is 0 Å². The molecule has 2 saturated heterocycles. The maximum absolute atomic E-state index is 4.96. The average Bonchev–Trinajstić information content (AvgIpc) is 2.75. The summed E-state index contributed by atoms with van der Waals surface area (Å²) in [5.74, 6) is 1.95. The largest absolute Gasteiger partial charge is 0.355 e. The van der Waals surface area contributed by atoms with Gasteiger partial charge in [0.1, 0.15) is 5.82 Å². The summed E-state index contributed by atoms with van der Waals surface area (Å²) in [7, 11) is 2.30. The van der Waals surface area contributed by atoms with Gasteiger partial charge in [0.2, 0.25) is 0 Å². The van der Waals surface area contributed by atoms with Crippen molar-refractivity contribution in [2.75, 3.05) is 31.6 Å². The molecule has 3 nitrogen and oxygen atoms in total. The quantitative estimate of drug-likeness (QED) is 0.803. The van der Waals surface area contributed by atoms with Crippen LogP contribution in [-0.4, -0.2) is 42.6 Å². The molecular formula is C19H25N3. The maximum atomic E-state index is 4.96. The van der Waals surface area contributed by atoms with E-state index in [4.69, 9.17) is 4.98 Å². The molecule has 0 radical (unpaired) electrons. The van der Waals surface area contributed by atoms with Gasteiger partial charge in [-0.05, 0) is 50.4 Å². The number of anilines is 1. The lowest BCUT2D eigenvalue weighted by Crippen LogP contribution is -2.39. The second kappa shape index (κ2) is 5.54. The van der Waals surface area contributed by atoms with Crippen molar-refractivity contribution in [1.29, 1.82) is 0 Å². The molecule has 2 bridgehead atoms. The van der Waals surface area contributed by atoms with Crippen LogP contribution in [0.5, 0.6) is 0 Å². The molecule has 0 amide bonds. The zero-order valence-corrected chi connectivity index (χ0v) is 13.6. The van der Waals surface area contributed by atoms with Crippen LogP contribution in [0.1, 0.15) is 24.8 Å². The van der Waals surface area contributed by atoms with Crippen molar-refractivity contribution in [2.45, 2.75) is 32.2 Å². The number of aromatic nitrogens is 1. The van der Waals surface area contributed by atoms with E-state index in [0.717, 1.165) is 24.5 Å². The molecule has 0 saturated carbocycles. The minimum atomic E-state index is 0.682. The number of benzene rings is 1. The first-order chi connectivity index (χ1) is 10.7. The van der Waals surface area contributed by atoms with Crippen LogP contribution in [0, 0.1) is 12.8 Å². The summed E-state index contributed by atoms with van der Waals surface area (Å²) in [6.45, 7) is 5.73. The van der Waals surface area contributed by atoms with Gasteiger partial charge in [0.15, 0.2) is 0 Å². The Morgan fingerprint density at radius 2 is 1.95 bits per heavy atom. The molecule has 2 aliphatic rings. The predicted octanol–water partition coefficient (Wildman–Crippen LogP) is 3.46. The van der Waals surface area contributed by atoms with Gasteiger partial charge in [0, 0.05) is 31.1 Å². The Bertz CT molecular complexity index is 681. The monoisotopic (exact) mass is 295 g/mol. The molecule has 2 atom stereocenters. The molecule has 3 heterocycles. The van der Waals surface area contributed by atoms with Gasteiger partial charge in [-0.15, -0.1) is 0 Å². The lowest BCUT2D eigenvalue weighted by atomic mass is 9.99. The second-order valence-corrected chi connectivity index (χ2v) is 7.11. The topological polar surface area (TPSA) is 19.4 Å². The number of aryl methyl sites for hydroxylation is 1. The molecule has 3 heteroatoms. The summed E-state index contributed by atoms with van der Waals surface area (Å²) >= 11 is 0. The summed E-state index contributed by atoms with van der Waals surface area (Å²) in [4.78, 5) is 10.1. The van der Waals surface area contributed by atoms with Gasteiger partial charge >= 0.3 is 0 Å².